The molecule has 1 amide bonds. The molecule has 0 bridgehead atoms. The average Bonchev–Trinajstić information content (AvgIpc) is 2.25. The number of carbonyl (C=O) groups is 1. The van der Waals surface area contributed by atoms with E-state index in [-0.39, 0.29) is 5.91 Å². The molecule has 13 heavy (non-hydrogen) atoms. The minimum Gasteiger partial charge on any atom is -0.326 e. The summed E-state index contributed by atoms with van der Waals surface area (Å²) in [6, 6.07) is 6.15. The van der Waals surface area contributed by atoms with Crippen LogP contribution in [0.1, 0.15) is 18.4 Å². The Morgan fingerprint density at radius 2 is 2.15 bits per heavy atom. The fraction of sp³-hybridized carbons (Fsp3) is 0.300. The van der Waals surface area contributed by atoms with Crippen LogP contribution in [0.5, 0.6) is 0 Å². The highest BCUT2D eigenvalue weighted by molar-refractivity contribution is 14.1. The van der Waals surface area contributed by atoms with Crippen molar-refractivity contribution in [2.45, 2.75) is 19.3 Å². The molecule has 1 aliphatic rings. The summed E-state index contributed by atoms with van der Waals surface area (Å²) >= 11 is 2.29. The van der Waals surface area contributed by atoms with Crippen molar-refractivity contribution in [3.8, 4) is 0 Å². The number of hydrogen-bond acceptors (Lipinski definition) is 1. The highest BCUT2D eigenvalue weighted by Crippen LogP contribution is 2.23. The van der Waals surface area contributed by atoms with Crippen LogP contribution < -0.4 is 5.32 Å². The Labute approximate surface area is 90.9 Å². The van der Waals surface area contributed by atoms with Crippen molar-refractivity contribution in [3.05, 3.63) is 27.3 Å². The molecule has 68 valence electrons. The van der Waals surface area contributed by atoms with Crippen molar-refractivity contribution in [1.82, 2.24) is 0 Å². The van der Waals surface area contributed by atoms with Gasteiger partial charge in [-0.1, -0.05) is 0 Å². The Bertz CT molecular complexity index is 349. The lowest BCUT2D eigenvalue weighted by Crippen LogP contribution is -2.09. The third-order valence-corrected chi connectivity index (χ3v) is 2.86. The van der Waals surface area contributed by atoms with E-state index in [0.717, 1.165) is 18.5 Å². The Hall–Kier alpha value is -0.580. The summed E-state index contributed by atoms with van der Waals surface area (Å²) in [5, 5.41) is 2.91. The lowest BCUT2D eigenvalue weighted by molar-refractivity contribution is -0.116. The fourth-order valence-corrected chi connectivity index (χ4v) is 2.10. The third kappa shape index (κ3) is 2.02. The van der Waals surface area contributed by atoms with Gasteiger partial charge in [0, 0.05) is 15.7 Å². The summed E-state index contributed by atoms with van der Waals surface area (Å²) in [7, 11) is 0. The van der Waals surface area contributed by atoms with Crippen LogP contribution in [-0.2, 0) is 11.2 Å². The molecule has 1 aromatic carbocycles. The molecule has 0 atom stereocenters. The maximum atomic E-state index is 11.2. The SMILES string of the molecule is O=C1CCCc2cc(I)ccc2N1. The van der Waals surface area contributed by atoms with Gasteiger partial charge < -0.3 is 5.32 Å². The second-order valence-electron chi connectivity index (χ2n) is 3.20. The number of nitrogens with one attached hydrogen (secondary N) is 1. The van der Waals surface area contributed by atoms with Gasteiger partial charge in [0.05, 0.1) is 0 Å². The zero-order chi connectivity index (χ0) is 9.26. The number of amides is 1. The normalized spacial score (nSPS) is 15.9. The van der Waals surface area contributed by atoms with Crippen molar-refractivity contribution in [3.63, 3.8) is 0 Å². The highest BCUT2D eigenvalue weighted by Gasteiger charge is 2.11. The molecule has 0 radical (unpaired) electrons. The monoisotopic (exact) mass is 287 g/mol. The van der Waals surface area contributed by atoms with Crippen LogP contribution in [0.4, 0.5) is 5.69 Å². The van der Waals surface area contributed by atoms with Crippen LogP contribution in [0, 0.1) is 3.57 Å². The quantitative estimate of drug-likeness (QED) is 0.730. The lowest BCUT2D eigenvalue weighted by Gasteiger charge is -2.05. The molecule has 0 aromatic heterocycles. The van der Waals surface area contributed by atoms with Gasteiger partial charge in [-0.3, -0.25) is 4.79 Å². The number of anilines is 1. The van der Waals surface area contributed by atoms with Gasteiger partial charge in [0.15, 0.2) is 0 Å². The smallest absolute Gasteiger partial charge is 0.224 e. The Morgan fingerprint density at radius 3 is 3.00 bits per heavy atom. The molecule has 1 aromatic rings. The van der Waals surface area contributed by atoms with Crippen molar-refractivity contribution in [2.24, 2.45) is 0 Å². The number of benzene rings is 1. The van der Waals surface area contributed by atoms with Crippen LogP contribution in [0.15, 0.2) is 18.2 Å². The van der Waals surface area contributed by atoms with E-state index < -0.39 is 0 Å². The summed E-state index contributed by atoms with van der Waals surface area (Å²) in [6.45, 7) is 0. The molecule has 0 saturated heterocycles. The molecule has 1 heterocycles. The zero-order valence-electron chi connectivity index (χ0n) is 7.14. The summed E-state index contributed by atoms with van der Waals surface area (Å²) in [5.74, 6) is 0.139. The molecule has 3 heteroatoms. The summed E-state index contributed by atoms with van der Waals surface area (Å²) in [4.78, 5) is 11.2. The maximum Gasteiger partial charge on any atom is 0.224 e. The first-order valence-electron chi connectivity index (χ1n) is 4.34. The Balaban J connectivity index is 2.40. The average molecular weight is 287 g/mol. The standard InChI is InChI=1S/C10H10INO/c11-8-4-5-9-7(6-8)2-1-3-10(13)12-9/h4-6H,1-3H2,(H,12,13). The molecule has 2 rings (SSSR count). The number of carbonyl (C=O) groups excluding carboxylic acids is 1. The van der Waals surface area contributed by atoms with E-state index in [1.54, 1.807) is 0 Å². The lowest BCUT2D eigenvalue weighted by atomic mass is 10.1. The number of hydrogen-bond donors (Lipinski definition) is 1. The van der Waals surface area contributed by atoms with Crippen molar-refractivity contribution < 1.29 is 4.79 Å². The van der Waals surface area contributed by atoms with Crippen molar-refractivity contribution in [2.75, 3.05) is 5.32 Å². The van der Waals surface area contributed by atoms with Gasteiger partial charge in [0.25, 0.3) is 0 Å². The highest BCUT2D eigenvalue weighted by atomic mass is 127. The van der Waals surface area contributed by atoms with Gasteiger partial charge in [-0.15, -0.1) is 0 Å². The van der Waals surface area contributed by atoms with Gasteiger partial charge in [-0.05, 0) is 59.2 Å². The second kappa shape index (κ2) is 3.65. The largest absolute Gasteiger partial charge is 0.326 e. The summed E-state index contributed by atoms with van der Waals surface area (Å²) in [6.07, 6.45) is 2.61. The van der Waals surface area contributed by atoms with E-state index in [4.69, 9.17) is 0 Å². The number of aryl methyl sites for hydroxylation is 1. The first-order valence-corrected chi connectivity index (χ1v) is 5.42. The molecule has 2 nitrogen and oxygen atoms in total. The molecule has 0 saturated carbocycles. The number of halogens is 1. The van der Waals surface area contributed by atoms with Crippen LogP contribution in [-0.4, -0.2) is 5.91 Å². The van der Waals surface area contributed by atoms with E-state index in [2.05, 4.69) is 34.0 Å². The van der Waals surface area contributed by atoms with Crippen molar-refractivity contribution in [1.29, 1.82) is 0 Å². The Morgan fingerprint density at radius 1 is 1.31 bits per heavy atom. The molecule has 0 fully saturated rings. The van der Waals surface area contributed by atoms with Crippen LogP contribution in [0.3, 0.4) is 0 Å². The van der Waals surface area contributed by atoms with E-state index in [9.17, 15) is 4.79 Å². The number of fused-ring (bicyclic) bond motifs is 1. The van der Waals surface area contributed by atoms with E-state index >= 15 is 0 Å². The molecule has 0 spiro atoms. The molecule has 0 aliphatic carbocycles. The zero-order valence-corrected chi connectivity index (χ0v) is 9.30. The topological polar surface area (TPSA) is 29.1 Å². The minimum atomic E-state index is 0.139. The molecule has 1 aliphatic heterocycles. The molecular formula is C10H10INO. The van der Waals surface area contributed by atoms with Crippen molar-refractivity contribution >= 4 is 34.2 Å². The van der Waals surface area contributed by atoms with Gasteiger partial charge in [-0.25, -0.2) is 0 Å². The van der Waals surface area contributed by atoms with Gasteiger partial charge in [0.2, 0.25) is 5.91 Å². The van der Waals surface area contributed by atoms with Crippen LogP contribution >= 0.6 is 22.6 Å². The van der Waals surface area contributed by atoms with Gasteiger partial charge in [0.1, 0.15) is 0 Å². The van der Waals surface area contributed by atoms with Crippen LogP contribution in [0.25, 0.3) is 0 Å². The summed E-state index contributed by atoms with van der Waals surface area (Å²) in [5.41, 5.74) is 2.25. The second-order valence-corrected chi connectivity index (χ2v) is 4.45. The van der Waals surface area contributed by atoms with E-state index in [0.29, 0.717) is 6.42 Å². The third-order valence-electron chi connectivity index (χ3n) is 2.19. The summed E-state index contributed by atoms with van der Waals surface area (Å²) < 4.78 is 1.23. The van der Waals surface area contributed by atoms with Gasteiger partial charge in [-0.2, -0.15) is 0 Å². The first-order chi connectivity index (χ1) is 6.25. The molecule has 0 unspecified atom stereocenters. The number of rotatable bonds is 0. The van der Waals surface area contributed by atoms with Crippen LogP contribution in [0.2, 0.25) is 0 Å². The first kappa shape index (κ1) is 8.99. The molecular weight excluding hydrogens is 277 g/mol. The fourth-order valence-electron chi connectivity index (χ4n) is 1.54. The maximum absolute atomic E-state index is 11.2. The van der Waals surface area contributed by atoms with E-state index in [1.807, 2.05) is 12.1 Å². The van der Waals surface area contributed by atoms with Gasteiger partial charge >= 0.3 is 0 Å². The minimum absolute atomic E-state index is 0.139. The Kier molecular flexibility index (Phi) is 2.53. The predicted octanol–water partition coefficient (Wildman–Crippen LogP) is 2.57. The molecule has 1 N–H and O–H groups in total. The predicted molar refractivity (Wildman–Crippen MR) is 60.7 cm³/mol. The van der Waals surface area contributed by atoms with E-state index in [1.165, 1.54) is 9.13 Å².